The zero-order chi connectivity index (χ0) is 26.2. The van der Waals surface area contributed by atoms with Gasteiger partial charge in [0.15, 0.2) is 0 Å². The summed E-state index contributed by atoms with van der Waals surface area (Å²) in [7, 11) is 3.94. The predicted octanol–water partition coefficient (Wildman–Crippen LogP) is 4.43. The molecule has 4 heterocycles. The van der Waals surface area contributed by atoms with Crippen LogP contribution < -0.4 is 20.3 Å². The van der Waals surface area contributed by atoms with Crippen molar-refractivity contribution in [2.45, 2.75) is 26.2 Å². The van der Waals surface area contributed by atoms with E-state index in [0.717, 1.165) is 85.6 Å². The Hall–Kier alpha value is -4.20. The van der Waals surface area contributed by atoms with E-state index in [1.807, 2.05) is 56.3 Å². The average molecular weight is 508 g/mol. The summed E-state index contributed by atoms with van der Waals surface area (Å²) in [4.78, 5) is 37.1. The second-order valence-corrected chi connectivity index (χ2v) is 10.3. The molecule has 194 valence electrons. The van der Waals surface area contributed by atoms with Crippen molar-refractivity contribution in [3.63, 3.8) is 0 Å². The number of aromatic nitrogens is 3. The molecule has 1 N–H and O–H groups in total. The lowest BCUT2D eigenvalue weighted by Gasteiger charge is -2.37. The fourth-order valence-electron chi connectivity index (χ4n) is 5.45. The van der Waals surface area contributed by atoms with Gasteiger partial charge in [-0.15, -0.1) is 0 Å². The van der Waals surface area contributed by atoms with Crippen molar-refractivity contribution in [2.75, 3.05) is 55.0 Å². The van der Waals surface area contributed by atoms with E-state index in [2.05, 4.69) is 44.0 Å². The normalized spacial score (nSPS) is 15.7. The van der Waals surface area contributed by atoms with Crippen LogP contribution in [-0.4, -0.2) is 60.9 Å². The van der Waals surface area contributed by atoms with Gasteiger partial charge in [0.1, 0.15) is 5.82 Å². The smallest absolute Gasteiger partial charge is 0.258 e. The summed E-state index contributed by atoms with van der Waals surface area (Å²) in [6.45, 7) is 5.60. The maximum Gasteiger partial charge on any atom is 0.258 e. The molecule has 3 aliphatic heterocycles. The number of aliphatic imine (C=N–C) groups is 1. The molecule has 8 nitrogen and oxygen atoms in total. The molecule has 0 saturated carbocycles. The van der Waals surface area contributed by atoms with Crippen molar-refractivity contribution in [2.24, 2.45) is 4.99 Å². The summed E-state index contributed by atoms with van der Waals surface area (Å²) in [5.74, 6) is 1.73. The van der Waals surface area contributed by atoms with Gasteiger partial charge in [-0.1, -0.05) is 30.3 Å². The molecule has 1 fully saturated rings. The number of piperazine rings is 1. The van der Waals surface area contributed by atoms with Gasteiger partial charge in [0.2, 0.25) is 5.95 Å². The van der Waals surface area contributed by atoms with Gasteiger partial charge in [0, 0.05) is 69.0 Å². The van der Waals surface area contributed by atoms with Crippen LogP contribution in [0.15, 0.2) is 64.4 Å². The number of anilines is 3. The molecule has 6 rings (SSSR count). The molecule has 8 heteroatoms. The number of hydrogen-bond acceptors (Lipinski definition) is 7. The minimum absolute atomic E-state index is 0.0574. The third-order valence-electron chi connectivity index (χ3n) is 7.45. The molecule has 1 aliphatic carbocycles. The molecule has 0 spiro atoms. The summed E-state index contributed by atoms with van der Waals surface area (Å²) in [6, 6.07) is 18.6. The minimum atomic E-state index is -0.0574. The number of nitrogens with zero attached hydrogens (tertiary/aromatic N) is 6. The molecule has 38 heavy (non-hydrogen) atoms. The van der Waals surface area contributed by atoms with Crippen LogP contribution in [0.5, 0.6) is 0 Å². The second kappa shape index (κ2) is 9.93. The summed E-state index contributed by atoms with van der Waals surface area (Å²) in [5.41, 5.74) is 7.70. The van der Waals surface area contributed by atoms with E-state index in [9.17, 15) is 4.79 Å². The maximum absolute atomic E-state index is 12.9. The third-order valence-corrected chi connectivity index (χ3v) is 7.45. The molecule has 0 radical (unpaired) electrons. The Labute approximate surface area is 223 Å². The van der Waals surface area contributed by atoms with Crippen LogP contribution in [-0.2, 0) is 6.42 Å². The first-order valence-corrected chi connectivity index (χ1v) is 13.3. The standard InChI is InChI=1S/C30H33N7O/c1-20-18-27(34-30(31-20)35(2)3)37-16-14-36(15-17-37)22-13-12-21-8-7-11-25(32-26(21)19-22)28-23-9-5-4-6-10-24(23)33-29(28)38/h4-6,9-10,12-13,18-19H,7-8,11,14-17H2,1-3H3,(H,33,38). The zero-order valence-corrected chi connectivity index (χ0v) is 22.2. The van der Waals surface area contributed by atoms with Crippen molar-refractivity contribution in [3.05, 3.63) is 81.8 Å². The van der Waals surface area contributed by atoms with E-state index >= 15 is 0 Å². The Kier molecular flexibility index (Phi) is 6.31. The van der Waals surface area contributed by atoms with Crippen LogP contribution >= 0.6 is 0 Å². The molecular formula is C30H33N7O. The van der Waals surface area contributed by atoms with Gasteiger partial charge in [-0.3, -0.25) is 9.79 Å². The Bertz CT molecular complexity index is 1530. The number of nitrogens with one attached hydrogen (secondary N) is 1. The zero-order valence-electron chi connectivity index (χ0n) is 22.2. The Morgan fingerprint density at radius 3 is 2.50 bits per heavy atom. The van der Waals surface area contributed by atoms with Crippen molar-refractivity contribution >= 4 is 28.9 Å². The van der Waals surface area contributed by atoms with Crippen molar-refractivity contribution in [3.8, 4) is 11.3 Å². The summed E-state index contributed by atoms with van der Waals surface area (Å²) >= 11 is 0. The highest BCUT2D eigenvalue weighted by Gasteiger charge is 2.23. The number of hydrogen-bond donors (Lipinski definition) is 1. The van der Waals surface area contributed by atoms with Crippen LogP contribution in [0.25, 0.3) is 11.3 Å². The fraction of sp³-hybridized carbons (Fsp3) is 0.333. The average Bonchev–Trinajstić information content (AvgIpc) is 3.07. The highest BCUT2D eigenvalue weighted by Crippen LogP contribution is 2.33. The topological polar surface area (TPSA) is 80.7 Å². The lowest BCUT2D eigenvalue weighted by Crippen LogP contribution is -2.47. The first-order valence-electron chi connectivity index (χ1n) is 13.3. The maximum atomic E-state index is 12.9. The van der Waals surface area contributed by atoms with Crippen LogP contribution in [0, 0.1) is 6.92 Å². The predicted molar refractivity (Wildman–Crippen MR) is 155 cm³/mol. The lowest BCUT2D eigenvalue weighted by molar-refractivity contribution is 0.646. The van der Waals surface area contributed by atoms with Crippen LogP contribution in [0.4, 0.5) is 23.1 Å². The summed E-state index contributed by atoms with van der Waals surface area (Å²) < 4.78 is 0. The fourth-order valence-corrected chi connectivity index (χ4v) is 5.45. The van der Waals surface area contributed by atoms with Gasteiger partial charge < -0.3 is 19.7 Å². The molecule has 1 aromatic heterocycles. The van der Waals surface area contributed by atoms with E-state index in [0.29, 0.717) is 5.56 Å². The van der Waals surface area contributed by atoms with E-state index in [1.165, 1.54) is 11.3 Å². The number of aromatic amines is 1. The molecule has 4 aliphatic rings. The Morgan fingerprint density at radius 2 is 1.68 bits per heavy atom. The third kappa shape index (κ3) is 4.62. The number of aryl methyl sites for hydroxylation is 2. The van der Waals surface area contributed by atoms with Gasteiger partial charge in [-0.2, -0.15) is 4.98 Å². The SMILES string of the molecule is Cc1cc(N2CCN(c3ccc4c(c3)N=C(c3c5cccccc-5[nH]c3=O)CCC4)CC2)nc(N(C)C)n1. The van der Waals surface area contributed by atoms with Crippen LogP contribution in [0.3, 0.4) is 0 Å². The monoisotopic (exact) mass is 507 g/mol. The first-order chi connectivity index (χ1) is 18.5. The van der Waals surface area contributed by atoms with E-state index in [-0.39, 0.29) is 5.56 Å². The molecule has 0 atom stereocenters. The van der Waals surface area contributed by atoms with Gasteiger partial charge in [-0.05, 0) is 49.9 Å². The van der Waals surface area contributed by atoms with Gasteiger partial charge in [-0.25, -0.2) is 4.98 Å². The van der Waals surface area contributed by atoms with Crippen LogP contribution in [0.1, 0.15) is 29.7 Å². The van der Waals surface area contributed by atoms with Crippen LogP contribution in [0.2, 0.25) is 0 Å². The molecule has 1 saturated heterocycles. The quantitative estimate of drug-likeness (QED) is 0.440. The second-order valence-electron chi connectivity index (χ2n) is 10.3. The number of benzene rings is 1. The van der Waals surface area contributed by atoms with Crippen molar-refractivity contribution in [1.29, 1.82) is 0 Å². The molecular weight excluding hydrogens is 474 g/mol. The van der Waals surface area contributed by atoms with E-state index in [1.54, 1.807) is 0 Å². The number of H-pyrrole nitrogens is 1. The number of fused-ring (bicyclic) bond motifs is 2. The molecule has 0 bridgehead atoms. The van der Waals surface area contributed by atoms with Crippen molar-refractivity contribution in [1.82, 2.24) is 15.0 Å². The molecule has 1 aromatic carbocycles. The Balaban J connectivity index is 1.25. The molecule has 2 aromatic rings. The molecule has 0 amide bonds. The summed E-state index contributed by atoms with van der Waals surface area (Å²) in [6.07, 6.45) is 2.72. The minimum Gasteiger partial charge on any atom is -0.368 e. The largest absolute Gasteiger partial charge is 0.368 e. The highest BCUT2D eigenvalue weighted by atomic mass is 16.1. The van der Waals surface area contributed by atoms with Gasteiger partial charge >= 0.3 is 0 Å². The van der Waals surface area contributed by atoms with Crippen molar-refractivity contribution < 1.29 is 0 Å². The molecule has 0 unspecified atom stereocenters. The summed E-state index contributed by atoms with van der Waals surface area (Å²) in [5, 5.41) is 0. The lowest BCUT2D eigenvalue weighted by atomic mass is 10.0. The highest BCUT2D eigenvalue weighted by molar-refractivity contribution is 6.07. The Morgan fingerprint density at radius 1 is 0.895 bits per heavy atom. The number of rotatable bonds is 4. The van der Waals surface area contributed by atoms with E-state index in [4.69, 9.17) is 9.98 Å². The van der Waals surface area contributed by atoms with Gasteiger partial charge in [0.25, 0.3) is 5.56 Å². The first kappa shape index (κ1) is 24.2. The van der Waals surface area contributed by atoms with Gasteiger partial charge in [0.05, 0.1) is 17.0 Å². The van der Waals surface area contributed by atoms with E-state index < -0.39 is 0 Å².